The second-order valence-corrected chi connectivity index (χ2v) is 7.03. The van der Waals surface area contributed by atoms with Gasteiger partial charge in [0.05, 0.1) is 5.75 Å². The van der Waals surface area contributed by atoms with Gasteiger partial charge in [-0.05, 0) is 24.7 Å². The summed E-state index contributed by atoms with van der Waals surface area (Å²) in [6.07, 6.45) is 1.10. The highest BCUT2D eigenvalue weighted by Crippen LogP contribution is 2.15. The molecule has 0 saturated heterocycles. The summed E-state index contributed by atoms with van der Waals surface area (Å²) in [5, 5.41) is 8.81. The first-order chi connectivity index (χ1) is 8.76. The van der Waals surface area contributed by atoms with Gasteiger partial charge in [0.25, 0.3) is 0 Å². The Morgan fingerprint density at radius 1 is 1.37 bits per heavy atom. The lowest BCUT2D eigenvalue weighted by atomic mass is 9.94. The minimum absolute atomic E-state index is 0.00229. The Hall–Kier alpha value is -0.660. The Morgan fingerprint density at radius 3 is 2.47 bits per heavy atom. The van der Waals surface area contributed by atoms with Crippen LogP contribution in [-0.2, 0) is 19.6 Å². The molecule has 0 unspecified atom stereocenters. The molecule has 0 fully saturated rings. The van der Waals surface area contributed by atoms with E-state index in [-0.39, 0.29) is 24.6 Å². The number of rotatable bonds is 11. The zero-order valence-electron chi connectivity index (χ0n) is 11.9. The lowest BCUT2D eigenvalue weighted by Crippen LogP contribution is -2.33. The monoisotopic (exact) mass is 295 g/mol. The van der Waals surface area contributed by atoms with Crippen LogP contribution in [0.15, 0.2) is 0 Å². The highest BCUT2D eigenvalue weighted by molar-refractivity contribution is 7.89. The molecule has 0 aromatic rings. The van der Waals surface area contributed by atoms with E-state index in [1.54, 1.807) is 0 Å². The van der Waals surface area contributed by atoms with Gasteiger partial charge in [0.2, 0.25) is 10.0 Å². The Kier molecular flexibility index (Phi) is 8.95. The number of carbonyl (C=O) groups is 1. The van der Waals surface area contributed by atoms with Crippen molar-refractivity contribution < 1.29 is 23.1 Å². The third-order valence-electron chi connectivity index (χ3n) is 2.62. The number of hydrogen-bond donors (Lipinski definition) is 2. The second kappa shape index (κ2) is 9.28. The van der Waals surface area contributed by atoms with Crippen molar-refractivity contribution in [3.63, 3.8) is 0 Å². The maximum absolute atomic E-state index is 11.7. The highest BCUT2D eigenvalue weighted by Gasteiger charge is 2.18. The van der Waals surface area contributed by atoms with Gasteiger partial charge in [-0.2, -0.15) is 0 Å². The Balaban J connectivity index is 4.24. The van der Waals surface area contributed by atoms with Crippen LogP contribution >= 0.6 is 0 Å². The molecule has 7 heteroatoms. The molecule has 0 spiro atoms. The molecule has 0 aliphatic heterocycles. The van der Waals surface area contributed by atoms with Crippen LogP contribution in [0.5, 0.6) is 0 Å². The molecular weight excluding hydrogens is 270 g/mol. The smallest absolute Gasteiger partial charge is 0.303 e. The molecule has 0 aromatic heterocycles. The number of nitrogens with one attached hydrogen (secondary N) is 1. The first kappa shape index (κ1) is 18.3. The molecule has 0 aliphatic carbocycles. The number of hydrogen-bond acceptors (Lipinski definition) is 4. The summed E-state index contributed by atoms with van der Waals surface area (Å²) in [5.41, 5.74) is 0. The van der Waals surface area contributed by atoms with Crippen molar-refractivity contribution in [3.8, 4) is 0 Å². The third-order valence-corrected chi connectivity index (χ3v) is 4.05. The number of sulfonamides is 1. The van der Waals surface area contributed by atoms with Crippen molar-refractivity contribution in [2.45, 2.75) is 33.1 Å². The molecule has 0 rings (SSSR count). The van der Waals surface area contributed by atoms with Gasteiger partial charge in [0.1, 0.15) is 0 Å². The Bertz CT molecular complexity index is 353. The minimum Gasteiger partial charge on any atom is -0.481 e. The maximum atomic E-state index is 11.7. The fourth-order valence-electron chi connectivity index (χ4n) is 1.86. The van der Waals surface area contributed by atoms with Gasteiger partial charge in [0.15, 0.2) is 0 Å². The number of methoxy groups -OCH3 is 1. The summed E-state index contributed by atoms with van der Waals surface area (Å²) in [5.74, 6) is -0.733. The molecule has 0 aliphatic rings. The van der Waals surface area contributed by atoms with Crippen LogP contribution in [0.1, 0.15) is 33.1 Å². The Labute approximate surface area is 115 Å². The van der Waals surface area contributed by atoms with Gasteiger partial charge in [-0.3, -0.25) is 4.79 Å². The van der Waals surface area contributed by atoms with E-state index in [1.807, 2.05) is 13.8 Å². The van der Waals surface area contributed by atoms with Crippen LogP contribution in [0.25, 0.3) is 0 Å². The van der Waals surface area contributed by atoms with Crippen molar-refractivity contribution >= 4 is 16.0 Å². The van der Waals surface area contributed by atoms with E-state index >= 15 is 0 Å². The topological polar surface area (TPSA) is 92.7 Å². The van der Waals surface area contributed by atoms with Crippen molar-refractivity contribution in [1.29, 1.82) is 0 Å². The molecule has 0 aromatic carbocycles. The van der Waals surface area contributed by atoms with E-state index < -0.39 is 16.0 Å². The summed E-state index contributed by atoms with van der Waals surface area (Å²) in [6.45, 7) is 4.55. The average Bonchev–Trinajstić information content (AvgIpc) is 2.25. The molecule has 2 N–H and O–H groups in total. The van der Waals surface area contributed by atoms with Crippen molar-refractivity contribution in [2.24, 2.45) is 11.8 Å². The summed E-state index contributed by atoms with van der Waals surface area (Å²) >= 11 is 0. The van der Waals surface area contributed by atoms with Gasteiger partial charge in [0, 0.05) is 26.7 Å². The quantitative estimate of drug-likeness (QED) is 0.556. The number of ether oxygens (including phenoxy) is 1. The molecule has 6 nitrogen and oxygen atoms in total. The molecule has 0 amide bonds. The summed E-state index contributed by atoms with van der Waals surface area (Å²) in [7, 11) is -1.82. The largest absolute Gasteiger partial charge is 0.481 e. The van der Waals surface area contributed by atoms with E-state index in [9.17, 15) is 13.2 Å². The fourth-order valence-corrected chi connectivity index (χ4v) is 2.99. The maximum Gasteiger partial charge on any atom is 0.303 e. The fraction of sp³-hybridized carbons (Fsp3) is 0.917. The zero-order chi connectivity index (χ0) is 14.9. The van der Waals surface area contributed by atoms with Crippen molar-refractivity contribution in [1.82, 2.24) is 4.72 Å². The van der Waals surface area contributed by atoms with Crippen LogP contribution in [0.4, 0.5) is 0 Å². The zero-order valence-corrected chi connectivity index (χ0v) is 12.7. The predicted molar refractivity (Wildman–Crippen MR) is 73.5 cm³/mol. The lowest BCUT2D eigenvalue weighted by molar-refractivity contribution is -0.138. The predicted octanol–water partition coefficient (Wildman–Crippen LogP) is 1.08. The second-order valence-electron chi connectivity index (χ2n) is 5.11. The Morgan fingerprint density at radius 2 is 2.00 bits per heavy atom. The minimum atomic E-state index is -3.34. The lowest BCUT2D eigenvalue weighted by Gasteiger charge is -2.17. The van der Waals surface area contributed by atoms with E-state index in [4.69, 9.17) is 9.84 Å². The first-order valence-corrected chi connectivity index (χ1v) is 8.10. The van der Waals surface area contributed by atoms with Crippen molar-refractivity contribution in [3.05, 3.63) is 0 Å². The number of carboxylic acids is 1. The van der Waals surface area contributed by atoms with Gasteiger partial charge in [-0.15, -0.1) is 0 Å². The van der Waals surface area contributed by atoms with Crippen LogP contribution in [0, 0.1) is 11.8 Å². The van der Waals surface area contributed by atoms with Crippen molar-refractivity contribution in [2.75, 3.05) is 26.0 Å². The molecule has 1 atom stereocenters. The molecular formula is C12H25NO5S. The molecule has 0 heterocycles. The van der Waals surface area contributed by atoms with Crippen LogP contribution in [-0.4, -0.2) is 45.5 Å². The highest BCUT2D eigenvalue weighted by atomic mass is 32.2. The number of carboxylic acid groups (broad SMARTS) is 1. The summed E-state index contributed by atoms with van der Waals surface area (Å²) in [4.78, 5) is 10.7. The molecule has 114 valence electrons. The van der Waals surface area contributed by atoms with Crippen LogP contribution in [0.2, 0.25) is 0 Å². The first-order valence-electron chi connectivity index (χ1n) is 6.45. The number of aliphatic carboxylic acids is 1. The van der Waals surface area contributed by atoms with Gasteiger partial charge < -0.3 is 9.84 Å². The van der Waals surface area contributed by atoms with E-state index in [0.717, 1.165) is 0 Å². The van der Waals surface area contributed by atoms with E-state index in [2.05, 4.69) is 4.72 Å². The SMILES string of the molecule is COCCCS(=O)(=O)NC[C@H](CC(=O)O)CC(C)C. The van der Waals surface area contributed by atoms with Gasteiger partial charge >= 0.3 is 5.97 Å². The van der Waals surface area contributed by atoms with Crippen LogP contribution in [0.3, 0.4) is 0 Å². The standard InChI is InChI=1S/C12H25NO5S/c1-10(2)7-11(8-12(14)15)9-13-19(16,17)6-4-5-18-3/h10-11,13H,4-9H2,1-3H3,(H,14,15)/t11-/m0/s1. The summed E-state index contributed by atoms with van der Waals surface area (Å²) < 4.78 is 30.6. The van der Waals surface area contributed by atoms with Crippen LogP contribution < -0.4 is 4.72 Å². The van der Waals surface area contributed by atoms with E-state index in [0.29, 0.717) is 25.4 Å². The molecule has 19 heavy (non-hydrogen) atoms. The molecule has 0 bridgehead atoms. The molecule has 0 saturated carbocycles. The molecule has 0 radical (unpaired) electrons. The van der Waals surface area contributed by atoms with E-state index in [1.165, 1.54) is 7.11 Å². The average molecular weight is 295 g/mol. The summed E-state index contributed by atoms with van der Waals surface area (Å²) in [6, 6.07) is 0. The van der Waals surface area contributed by atoms with Gasteiger partial charge in [-0.25, -0.2) is 13.1 Å². The third kappa shape index (κ3) is 10.9. The van der Waals surface area contributed by atoms with Gasteiger partial charge in [-0.1, -0.05) is 13.8 Å². The normalized spacial score (nSPS) is 13.7.